The number of hydrogen-bond donors (Lipinski definition) is 3. The number of rotatable bonds is 4. The first-order valence-corrected chi connectivity index (χ1v) is 5.18. The SMILES string of the molecule is O=C(O)CNc1cc2c(cc1[N+](=O)[O-])OCC(=O)N2. The number of hydrogen-bond acceptors (Lipinski definition) is 6. The van der Waals surface area contributed by atoms with Gasteiger partial charge in [0.1, 0.15) is 12.2 Å². The lowest BCUT2D eigenvalue weighted by atomic mass is 10.2. The molecule has 1 aliphatic heterocycles. The second-order valence-corrected chi connectivity index (χ2v) is 3.71. The van der Waals surface area contributed by atoms with E-state index in [4.69, 9.17) is 9.84 Å². The smallest absolute Gasteiger partial charge is 0.322 e. The zero-order valence-electron chi connectivity index (χ0n) is 9.50. The second kappa shape index (κ2) is 4.80. The maximum atomic E-state index is 11.1. The molecule has 9 nitrogen and oxygen atoms in total. The van der Waals surface area contributed by atoms with Crippen molar-refractivity contribution in [2.24, 2.45) is 0 Å². The topological polar surface area (TPSA) is 131 Å². The minimum Gasteiger partial charge on any atom is -0.481 e. The summed E-state index contributed by atoms with van der Waals surface area (Å²) in [6, 6.07) is 2.41. The van der Waals surface area contributed by atoms with Crippen molar-refractivity contribution in [1.29, 1.82) is 0 Å². The average molecular weight is 267 g/mol. The van der Waals surface area contributed by atoms with E-state index < -0.39 is 17.4 Å². The van der Waals surface area contributed by atoms with Gasteiger partial charge in [-0.25, -0.2) is 0 Å². The number of aliphatic carboxylic acids is 1. The summed E-state index contributed by atoms with van der Waals surface area (Å²) in [5.74, 6) is -1.37. The molecule has 0 saturated carbocycles. The summed E-state index contributed by atoms with van der Waals surface area (Å²) in [6.45, 7) is -0.694. The summed E-state index contributed by atoms with van der Waals surface area (Å²) in [7, 11) is 0. The van der Waals surface area contributed by atoms with E-state index in [1.807, 2.05) is 0 Å². The van der Waals surface area contributed by atoms with Crippen LogP contribution in [0.1, 0.15) is 0 Å². The molecule has 0 bridgehead atoms. The highest BCUT2D eigenvalue weighted by Gasteiger charge is 2.23. The molecule has 100 valence electrons. The zero-order chi connectivity index (χ0) is 14.0. The summed E-state index contributed by atoms with van der Waals surface area (Å²) in [6.07, 6.45) is 0. The van der Waals surface area contributed by atoms with Crippen LogP contribution < -0.4 is 15.4 Å². The van der Waals surface area contributed by atoms with Gasteiger partial charge < -0.3 is 20.5 Å². The number of ether oxygens (including phenoxy) is 1. The normalized spacial score (nSPS) is 12.9. The molecule has 1 amide bonds. The number of amides is 1. The highest BCUT2D eigenvalue weighted by molar-refractivity contribution is 5.97. The summed E-state index contributed by atoms with van der Waals surface area (Å²) < 4.78 is 5.05. The molecule has 0 unspecified atom stereocenters. The lowest BCUT2D eigenvalue weighted by molar-refractivity contribution is -0.384. The number of benzene rings is 1. The van der Waals surface area contributed by atoms with E-state index in [1.165, 1.54) is 6.07 Å². The summed E-state index contributed by atoms with van der Waals surface area (Å²) in [5, 5.41) is 24.3. The van der Waals surface area contributed by atoms with E-state index in [-0.39, 0.29) is 35.3 Å². The molecule has 0 atom stereocenters. The highest BCUT2D eigenvalue weighted by Crippen LogP contribution is 2.37. The zero-order valence-corrected chi connectivity index (χ0v) is 9.50. The molecule has 0 saturated heterocycles. The molecule has 9 heteroatoms. The molecule has 0 spiro atoms. The molecule has 0 aromatic heterocycles. The van der Waals surface area contributed by atoms with Gasteiger partial charge in [-0.2, -0.15) is 0 Å². The predicted octanol–water partition coefficient (Wildman–Crippen LogP) is 0.422. The van der Waals surface area contributed by atoms with E-state index in [2.05, 4.69) is 10.6 Å². The van der Waals surface area contributed by atoms with Crippen molar-refractivity contribution in [3.63, 3.8) is 0 Å². The van der Waals surface area contributed by atoms with Gasteiger partial charge in [-0.1, -0.05) is 0 Å². The van der Waals surface area contributed by atoms with Crippen molar-refractivity contribution >= 4 is 28.9 Å². The predicted molar refractivity (Wildman–Crippen MR) is 63.3 cm³/mol. The number of carboxylic acids is 1. The fourth-order valence-corrected chi connectivity index (χ4v) is 1.58. The van der Waals surface area contributed by atoms with Gasteiger partial charge in [0.2, 0.25) is 0 Å². The average Bonchev–Trinajstić information content (AvgIpc) is 2.34. The van der Waals surface area contributed by atoms with Gasteiger partial charge in [0.25, 0.3) is 11.6 Å². The second-order valence-electron chi connectivity index (χ2n) is 3.71. The first-order valence-electron chi connectivity index (χ1n) is 5.18. The van der Waals surface area contributed by atoms with Crippen molar-refractivity contribution in [2.75, 3.05) is 23.8 Å². The molecule has 19 heavy (non-hydrogen) atoms. The van der Waals surface area contributed by atoms with Gasteiger partial charge >= 0.3 is 5.97 Å². The van der Waals surface area contributed by atoms with Gasteiger partial charge in [-0.05, 0) is 6.07 Å². The van der Waals surface area contributed by atoms with Crippen LogP contribution in [0.4, 0.5) is 17.1 Å². The maximum absolute atomic E-state index is 11.1. The number of carbonyl (C=O) groups excluding carboxylic acids is 1. The van der Waals surface area contributed by atoms with Crippen molar-refractivity contribution in [1.82, 2.24) is 0 Å². The Morgan fingerprint density at radius 2 is 2.32 bits per heavy atom. The van der Waals surface area contributed by atoms with E-state index in [9.17, 15) is 19.7 Å². The number of nitro groups is 1. The van der Waals surface area contributed by atoms with Gasteiger partial charge in [0.15, 0.2) is 12.4 Å². The van der Waals surface area contributed by atoms with Crippen LogP contribution in [-0.4, -0.2) is 35.1 Å². The standard InChI is InChI=1S/C10H9N3O6/c14-9-4-19-8-2-7(13(17)18)5(1-6(8)12-9)11-3-10(15)16/h1-2,11H,3-4H2,(H,12,14)(H,15,16). The third kappa shape index (κ3) is 2.70. The number of anilines is 2. The highest BCUT2D eigenvalue weighted by atomic mass is 16.6. The summed E-state index contributed by atoms with van der Waals surface area (Å²) >= 11 is 0. The maximum Gasteiger partial charge on any atom is 0.322 e. The van der Waals surface area contributed by atoms with Gasteiger partial charge in [0, 0.05) is 0 Å². The van der Waals surface area contributed by atoms with E-state index in [0.29, 0.717) is 0 Å². The third-order valence-electron chi connectivity index (χ3n) is 2.36. The molecule has 3 N–H and O–H groups in total. The van der Waals surface area contributed by atoms with Crippen molar-refractivity contribution in [3.8, 4) is 5.75 Å². The van der Waals surface area contributed by atoms with Crippen LogP contribution in [0.5, 0.6) is 5.75 Å². The molecular weight excluding hydrogens is 258 g/mol. The number of fused-ring (bicyclic) bond motifs is 1. The Morgan fingerprint density at radius 1 is 1.58 bits per heavy atom. The lowest BCUT2D eigenvalue weighted by Gasteiger charge is -2.18. The third-order valence-corrected chi connectivity index (χ3v) is 2.36. The molecule has 1 aliphatic rings. The molecule has 1 heterocycles. The van der Waals surface area contributed by atoms with Gasteiger partial charge in [-0.3, -0.25) is 19.7 Å². The Labute approximate surface area is 106 Å². The minimum atomic E-state index is -1.16. The van der Waals surface area contributed by atoms with Crippen LogP contribution >= 0.6 is 0 Å². The first-order chi connectivity index (χ1) is 8.97. The van der Waals surface area contributed by atoms with Crippen LogP contribution in [0.15, 0.2) is 12.1 Å². The lowest BCUT2D eigenvalue weighted by Crippen LogP contribution is -2.25. The van der Waals surface area contributed by atoms with Crippen molar-refractivity contribution < 1.29 is 24.4 Å². The Hall–Kier alpha value is -2.84. The summed E-state index contributed by atoms with van der Waals surface area (Å²) in [4.78, 5) is 31.8. The van der Waals surface area contributed by atoms with E-state index in [1.54, 1.807) is 0 Å². The van der Waals surface area contributed by atoms with Crippen LogP contribution in [0, 0.1) is 10.1 Å². The molecule has 2 rings (SSSR count). The first kappa shape index (κ1) is 12.6. The van der Waals surface area contributed by atoms with Crippen LogP contribution in [-0.2, 0) is 9.59 Å². The number of nitrogens with one attached hydrogen (secondary N) is 2. The molecule has 0 radical (unpaired) electrons. The molecular formula is C10H9N3O6. The van der Waals surface area contributed by atoms with Crippen molar-refractivity contribution in [2.45, 2.75) is 0 Å². The number of nitro benzene ring substituents is 1. The molecule has 1 aromatic carbocycles. The van der Waals surface area contributed by atoms with E-state index >= 15 is 0 Å². The molecule has 1 aromatic rings. The largest absolute Gasteiger partial charge is 0.481 e. The monoisotopic (exact) mass is 267 g/mol. The Morgan fingerprint density at radius 3 is 2.95 bits per heavy atom. The number of carbonyl (C=O) groups is 2. The minimum absolute atomic E-state index is 0.00282. The van der Waals surface area contributed by atoms with Crippen LogP contribution in [0.2, 0.25) is 0 Å². The Balaban J connectivity index is 2.39. The van der Waals surface area contributed by atoms with Crippen molar-refractivity contribution in [3.05, 3.63) is 22.2 Å². The molecule has 0 fully saturated rings. The fourth-order valence-electron chi connectivity index (χ4n) is 1.58. The van der Waals surface area contributed by atoms with Crippen LogP contribution in [0.25, 0.3) is 0 Å². The molecule has 0 aliphatic carbocycles. The van der Waals surface area contributed by atoms with Crippen LogP contribution in [0.3, 0.4) is 0 Å². The van der Waals surface area contributed by atoms with Gasteiger partial charge in [0.05, 0.1) is 16.7 Å². The fraction of sp³-hybridized carbons (Fsp3) is 0.200. The van der Waals surface area contributed by atoms with E-state index in [0.717, 1.165) is 6.07 Å². The Kier molecular flexibility index (Phi) is 3.19. The number of nitrogens with zero attached hydrogens (tertiary/aromatic N) is 1. The quantitative estimate of drug-likeness (QED) is 0.532. The summed E-state index contributed by atoms with van der Waals surface area (Å²) in [5.41, 5.74) is -0.0668. The van der Waals surface area contributed by atoms with Gasteiger partial charge in [-0.15, -0.1) is 0 Å². The Bertz CT molecular complexity index is 571. The number of carboxylic acid groups (broad SMARTS) is 1.